The Labute approximate surface area is 89.5 Å². The first-order valence-corrected chi connectivity index (χ1v) is 6.50. The molecule has 0 radical (unpaired) electrons. The van der Waals surface area contributed by atoms with Gasteiger partial charge in [-0.1, -0.05) is 6.92 Å². The lowest BCUT2D eigenvalue weighted by atomic mass is 9.87. The summed E-state index contributed by atoms with van der Waals surface area (Å²) in [6.45, 7) is 3.56. The highest BCUT2D eigenvalue weighted by atomic mass is 32.1. The smallest absolute Gasteiger partial charge is 0.0534 e. The fraction of sp³-hybridized carbons (Fsp3) is 0.667. The average molecular weight is 207 g/mol. The van der Waals surface area contributed by atoms with Crippen molar-refractivity contribution in [2.24, 2.45) is 5.92 Å². The van der Waals surface area contributed by atoms with Crippen LogP contribution < -0.4 is 5.32 Å². The molecule has 0 bridgehead atoms. The number of rotatable bonds is 0. The Morgan fingerprint density at radius 2 is 2.50 bits per heavy atom. The summed E-state index contributed by atoms with van der Waals surface area (Å²) in [4.78, 5) is 1.65. The van der Waals surface area contributed by atoms with Gasteiger partial charge in [0.15, 0.2) is 0 Å². The molecular formula is C12H17NS. The van der Waals surface area contributed by atoms with Gasteiger partial charge in [-0.05, 0) is 48.6 Å². The molecule has 1 fully saturated rings. The lowest BCUT2D eigenvalue weighted by Crippen LogP contribution is -2.44. The molecule has 1 aromatic rings. The van der Waals surface area contributed by atoms with E-state index >= 15 is 0 Å². The van der Waals surface area contributed by atoms with Gasteiger partial charge in [-0.15, -0.1) is 11.3 Å². The lowest BCUT2D eigenvalue weighted by molar-refractivity contribution is 0.322. The van der Waals surface area contributed by atoms with Gasteiger partial charge in [0.05, 0.1) is 5.54 Å². The van der Waals surface area contributed by atoms with E-state index in [1.165, 1.54) is 32.2 Å². The Kier molecular flexibility index (Phi) is 1.96. The second kappa shape index (κ2) is 3.07. The third-order valence-corrected chi connectivity index (χ3v) is 4.96. The summed E-state index contributed by atoms with van der Waals surface area (Å²) < 4.78 is 0. The molecular weight excluding hydrogens is 190 g/mol. The maximum absolute atomic E-state index is 3.78. The van der Waals surface area contributed by atoms with Crippen LogP contribution in [0.2, 0.25) is 0 Å². The van der Waals surface area contributed by atoms with Gasteiger partial charge < -0.3 is 5.32 Å². The van der Waals surface area contributed by atoms with Gasteiger partial charge in [-0.3, -0.25) is 0 Å². The van der Waals surface area contributed by atoms with E-state index in [-0.39, 0.29) is 0 Å². The van der Waals surface area contributed by atoms with Crippen molar-refractivity contribution in [3.05, 3.63) is 21.9 Å². The zero-order chi connectivity index (χ0) is 9.60. The summed E-state index contributed by atoms with van der Waals surface area (Å²) in [7, 11) is 0. The van der Waals surface area contributed by atoms with Crippen molar-refractivity contribution in [1.82, 2.24) is 5.32 Å². The number of thiophene rings is 1. The fourth-order valence-electron chi connectivity index (χ4n) is 3.13. The van der Waals surface area contributed by atoms with Crippen LogP contribution in [0.4, 0.5) is 0 Å². The Morgan fingerprint density at radius 1 is 1.57 bits per heavy atom. The zero-order valence-electron chi connectivity index (χ0n) is 8.68. The van der Waals surface area contributed by atoms with Crippen LogP contribution in [-0.4, -0.2) is 6.54 Å². The van der Waals surface area contributed by atoms with E-state index < -0.39 is 0 Å². The monoisotopic (exact) mass is 207 g/mol. The van der Waals surface area contributed by atoms with Crippen LogP contribution in [0.1, 0.15) is 36.6 Å². The zero-order valence-corrected chi connectivity index (χ0v) is 9.49. The molecule has 3 rings (SSSR count). The normalized spacial score (nSPS) is 36.2. The maximum atomic E-state index is 3.78. The van der Waals surface area contributed by atoms with Gasteiger partial charge in [0.25, 0.3) is 0 Å². The highest BCUT2D eigenvalue weighted by Gasteiger charge is 2.42. The van der Waals surface area contributed by atoms with E-state index in [0.717, 1.165) is 5.92 Å². The lowest BCUT2D eigenvalue weighted by Gasteiger charge is -2.35. The number of fused-ring (bicyclic) bond motifs is 2. The van der Waals surface area contributed by atoms with Gasteiger partial charge in [0, 0.05) is 11.4 Å². The number of hydrogen-bond acceptors (Lipinski definition) is 2. The summed E-state index contributed by atoms with van der Waals surface area (Å²) in [5.74, 6) is 0.899. The molecule has 2 atom stereocenters. The molecule has 1 saturated carbocycles. The van der Waals surface area contributed by atoms with Crippen molar-refractivity contribution >= 4 is 11.3 Å². The largest absolute Gasteiger partial charge is 0.306 e. The average Bonchev–Trinajstić information content (AvgIpc) is 2.75. The summed E-state index contributed by atoms with van der Waals surface area (Å²) in [6, 6.07) is 2.32. The molecule has 2 unspecified atom stereocenters. The third kappa shape index (κ3) is 1.17. The quantitative estimate of drug-likeness (QED) is 0.690. The van der Waals surface area contributed by atoms with E-state index in [2.05, 4.69) is 23.7 Å². The first kappa shape index (κ1) is 8.93. The molecule has 0 saturated heterocycles. The van der Waals surface area contributed by atoms with Gasteiger partial charge in [-0.25, -0.2) is 0 Å². The van der Waals surface area contributed by atoms with E-state index in [9.17, 15) is 0 Å². The molecule has 0 amide bonds. The molecule has 1 N–H and O–H groups in total. The highest BCUT2D eigenvalue weighted by Crippen LogP contribution is 2.46. The molecule has 2 heterocycles. The van der Waals surface area contributed by atoms with Gasteiger partial charge in [0.1, 0.15) is 0 Å². The van der Waals surface area contributed by atoms with Crippen LogP contribution in [-0.2, 0) is 12.0 Å². The molecule has 0 aromatic carbocycles. The Morgan fingerprint density at radius 3 is 3.29 bits per heavy atom. The Bertz CT molecular complexity index is 344. The summed E-state index contributed by atoms with van der Waals surface area (Å²) >= 11 is 1.96. The highest BCUT2D eigenvalue weighted by molar-refractivity contribution is 7.10. The third-order valence-electron chi connectivity index (χ3n) is 3.80. The van der Waals surface area contributed by atoms with E-state index in [1.54, 1.807) is 10.4 Å². The molecule has 1 nitrogen and oxygen atoms in total. The van der Waals surface area contributed by atoms with Crippen molar-refractivity contribution in [3.8, 4) is 0 Å². The van der Waals surface area contributed by atoms with Crippen molar-refractivity contribution in [3.63, 3.8) is 0 Å². The second-order valence-corrected chi connectivity index (χ2v) is 5.80. The second-order valence-electron chi connectivity index (χ2n) is 4.88. The number of nitrogens with one attached hydrogen (secondary N) is 1. The predicted octanol–water partition coefficient (Wildman–Crippen LogP) is 2.91. The van der Waals surface area contributed by atoms with Crippen LogP contribution in [0, 0.1) is 5.92 Å². The van der Waals surface area contributed by atoms with Crippen molar-refractivity contribution in [1.29, 1.82) is 0 Å². The Balaban J connectivity index is 2.03. The van der Waals surface area contributed by atoms with E-state index in [0.29, 0.717) is 5.54 Å². The van der Waals surface area contributed by atoms with Crippen LogP contribution in [0.25, 0.3) is 0 Å². The Hall–Kier alpha value is -0.340. The molecule has 2 heteroatoms. The molecule has 76 valence electrons. The van der Waals surface area contributed by atoms with E-state index in [4.69, 9.17) is 0 Å². The SMILES string of the molecule is CC1CCC2(C1)NCCc1ccsc12. The minimum atomic E-state index is 0.376. The van der Waals surface area contributed by atoms with Crippen LogP contribution in [0.3, 0.4) is 0 Å². The molecule has 1 aromatic heterocycles. The van der Waals surface area contributed by atoms with Crippen molar-refractivity contribution in [2.45, 2.75) is 38.1 Å². The van der Waals surface area contributed by atoms with Crippen LogP contribution in [0.5, 0.6) is 0 Å². The standard InChI is InChI=1S/C12H17NS/c1-9-2-5-12(8-9)11-10(3-6-13-12)4-7-14-11/h4,7,9,13H,2-3,5-6,8H2,1H3. The summed E-state index contributed by atoms with van der Waals surface area (Å²) in [6.07, 6.45) is 5.32. The van der Waals surface area contributed by atoms with Crippen LogP contribution >= 0.6 is 11.3 Å². The topological polar surface area (TPSA) is 12.0 Å². The minimum Gasteiger partial charge on any atom is -0.306 e. The van der Waals surface area contributed by atoms with E-state index in [1.807, 2.05) is 11.3 Å². The van der Waals surface area contributed by atoms with Gasteiger partial charge >= 0.3 is 0 Å². The first-order valence-electron chi connectivity index (χ1n) is 5.62. The molecule has 2 aliphatic rings. The fourth-order valence-corrected chi connectivity index (χ4v) is 4.30. The van der Waals surface area contributed by atoms with Crippen LogP contribution in [0.15, 0.2) is 11.4 Å². The minimum absolute atomic E-state index is 0.376. The van der Waals surface area contributed by atoms with Crippen molar-refractivity contribution in [2.75, 3.05) is 6.54 Å². The predicted molar refractivity (Wildman–Crippen MR) is 60.7 cm³/mol. The number of hydrogen-bond donors (Lipinski definition) is 1. The van der Waals surface area contributed by atoms with Crippen molar-refractivity contribution < 1.29 is 0 Å². The summed E-state index contributed by atoms with van der Waals surface area (Å²) in [5.41, 5.74) is 1.99. The van der Waals surface area contributed by atoms with Gasteiger partial charge in [-0.2, -0.15) is 0 Å². The summed E-state index contributed by atoms with van der Waals surface area (Å²) in [5, 5.41) is 6.04. The molecule has 1 spiro atoms. The molecule has 1 aliphatic carbocycles. The first-order chi connectivity index (χ1) is 6.80. The maximum Gasteiger partial charge on any atom is 0.0534 e. The molecule has 1 aliphatic heterocycles. The molecule has 14 heavy (non-hydrogen) atoms. The van der Waals surface area contributed by atoms with Gasteiger partial charge in [0.2, 0.25) is 0 Å².